The second-order valence-corrected chi connectivity index (χ2v) is 10.5. The molecule has 1 aromatic carbocycles. The summed E-state index contributed by atoms with van der Waals surface area (Å²) >= 11 is 0. The van der Waals surface area contributed by atoms with Gasteiger partial charge < -0.3 is 0 Å². The summed E-state index contributed by atoms with van der Waals surface area (Å²) in [4.78, 5) is 0. The van der Waals surface area contributed by atoms with Crippen molar-refractivity contribution in [3.63, 3.8) is 0 Å². The van der Waals surface area contributed by atoms with Gasteiger partial charge in [-0.3, -0.25) is 0 Å². The summed E-state index contributed by atoms with van der Waals surface area (Å²) in [7, 11) is 0. The molecule has 180 valence electrons. The molecule has 0 aromatic heterocycles. The Morgan fingerprint density at radius 1 is 0.688 bits per heavy atom. The molecule has 0 heterocycles. The fourth-order valence-corrected chi connectivity index (χ4v) is 5.83. The normalized spacial score (nSPS) is 26.6. The smallest absolute Gasteiger partial charge is 0.194 e. The highest BCUT2D eigenvalue weighted by atomic mass is 19.2. The summed E-state index contributed by atoms with van der Waals surface area (Å²) in [6, 6.07) is 2.37. The third-order valence-corrected chi connectivity index (χ3v) is 8.01. The second kappa shape index (κ2) is 13.5. The minimum absolute atomic E-state index is 0.145. The first-order valence-corrected chi connectivity index (χ1v) is 13.4. The van der Waals surface area contributed by atoms with Crippen LogP contribution in [0.5, 0.6) is 0 Å². The number of halogens is 3. The van der Waals surface area contributed by atoms with Gasteiger partial charge >= 0.3 is 0 Å². The molecule has 0 unspecified atom stereocenters. The van der Waals surface area contributed by atoms with Gasteiger partial charge in [-0.2, -0.15) is 0 Å². The summed E-state index contributed by atoms with van der Waals surface area (Å²) in [6.07, 6.45) is 25.5. The number of rotatable bonds is 11. The molecule has 3 rings (SSSR count). The van der Waals surface area contributed by atoms with Crippen LogP contribution in [0.3, 0.4) is 0 Å². The second-order valence-electron chi connectivity index (χ2n) is 10.5. The van der Waals surface area contributed by atoms with E-state index < -0.39 is 17.5 Å². The average Bonchev–Trinajstić information content (AvgIpc) is 2.81. The van der Waals surface area contributed by atoms with Gasteiger partial charge in [-0.25, -0.2) is 13.2 Å². The molecule has 3 heteroatoms. The van der Waals surface area contributed by atoms with Gasteiger partial charge in [0.1, 0.15) is 0 Å². The molecule has 0 N–H and O–H groups in total. The third-order valence-electron chi connectivity index (χ3n) is 8.01. The van der Waals surface area contributed by atoms with E-state index in [0.29, 0.717) is 11.5 Å². The average molecular weight is 449 g/mol. The summed E-state index contributed by atoms with van der Waals surface area (Å²) in [6.45, 7) is 2.28. The van der Waals surface area contributed by atoms with Crippen LogP contribution < -0.4 is 0 Å². The molecular formula is C29H43F3. The molecule has 2 aliphatic rings. The van der Waals surface area contributed by atoms with Crippen molar-refractivity contribution in [3.05, 3.63) is 47.3 Å². The highest BCUT2D eigenvalue weighted by Gasteiger charge is 2.24. The molecule has 1 aromatic rings. The Hall–Kier alpha value is -1.25. The first-order chi connectivity index (χ1) is 15.6. The van der Waals surface area contributed by atoms with Crippen LogP contribution >= 0.6 is 0 Å². The topological polar surface area (TPSA) is 0 Å². The number of hydrogen-bond acceptors (Lipinski definition) is 0. The highest BCUT2D eigenvalue weighted by molar-refractivity contribution is 5.23. The van der Waals surface area contributed by atoms with Gasteiger partial charge in [0, 0.05) is 0 Å². The fourth-order valence-electron chi connectivity index (χ4n) is 5.83. The molecule has 0 aliphatic heterocycles. The van der Waals surface area contributed by atoms with Crippen molar-refractivity contribution in [2.24, 2.45) is 17.8 Å². The Morgan fingerprint density at radius 3 is 1.75 bits per heavy atom. The van der Waals surface area contributed by atoms with E-state index in [1.165, 1.54) is 89.2 Å². The van der Waals surface area contributed by atoms with E-state index in [2.05, 4.69) is 19.1 Å². The lowest BCUT2D eigenvalue weighted by atomic mass is 9.76. The van der Waals surface area contributed by atoms with Gasteiger partial charge in [0.05, 0.1) is 0 Å². The lowest BCUT2D eigenvalue weighted by molar-refractivity contribution is 0.287. The SMILES string of the molecule is CCCCCCCCCC1CCC(/C=C/C2CCC(c3cc(F)c(F)c(F)c3)CC2)CC1. The lowest BCUT2D eigenvalue weighted by Crippen LogP contribution is -2.15. The summed E-state index contributed by atoms with van der Waals surface area (Å²) in [5.41, 5.74) is 0.614. The van der Waals surface area contributed by atoms with E-state index in [1.54, 1.807) is 0 Å². The van der Waals surface area contributed by atoms with Crippen LogP contribution in [-0.4, -0.2) is 0 Å². The summed E-state index contributed by atoms with van der Waals surface area (Å²) in [5.74, 6) is -1.09. The van der Waals surface area contributed by atoms with E-state index in [-0.39, 0.29) is 5.92 Å². The Morgan fingerprint density at radius 2 is 1.19 bits per heavy atom. The largest absolute Gasteiger partial charge is 0.204 e. The van der Waals surface area contributed by atoms with Crippen molar-refractivity contribution in [3.8, 4) is 0 Å². The van der Waals surface area contributed by atoms with Crippen LogP contribution in [0.4, 0.5) is 13.2 Å². The van der Waals surface area contributed by atoms with E-state index in [0.717, 1.165) is 37.5 Å². The Labute approximate surface area is 194 Å². The highest BCUT2D eigenvalue weighted by Crippen LogP contribution is 2.38. The van der Waals surface area contributed by atoms with Gasteiger partial charge in [-0.05, 0) is 92.7 Å². The first-order valence-electron chi connectivity index (χ1n) is 13.4. The molecule has 0 amide bonds. The van der Waals surface area contributed by atoms with Crippen LogP contribution in [0, 0.1) is 35.2 Å². The van der Waals surface area contributed by atoms with Gasteiger partial charge in [-0.15, -0.1) is 0 Å². The number of allylic oxidation sites excluding steroid dienone is 2. The third kappa shape index (κ3) is 7.96. The predicted molar refractivity (Wildman–Crippen MR) is 128 cm³/mol. The van der Waals surface area contributed by atoms with Crippen molar-refractivity contribution in [2.45, 2.75) is 116 Å². The number of benzene rings is 1. The molecule has 0 atom stereocenters. The summed E-state index contributed by atoms with van der Waals surface area (Å²) in [5, 5.41) is 0. The van der Waals surface area contributed by atoms with Crippen LogP contribution in [-0.2, 0) is 0 Å². The summed E-state index contributed by atoms with van der Waals surface area (Å²) < 4.78 is 40.3. The maximum Gasteiger partial charge on any atom is 0.194 e. The minimum Gasteiger partial charge on any atom is -0.204 e. The molecule has 2 saturated carbocycles. The van der Waals surface area contributed by atoms with Gasteiger partial charge in [0.2, 0.25) is 0 Å². The number of hydrogen-bond donors (Lipinski definition) is 0. The molecule has 0 spiro atoms. The van der Waals surface area contributed by atoms with Gasteiger partial charge in [0.15, 0.2) is 17.5 Å². The quantitative estimate of drug-likeness (QED) is 0.179. The Bertz CT molecular complexity index is 671. The van der Waals surface area contributed by atoms with Gasteiger partial charge in [0.25, 0.3) is 0 Å². The minimum atomic E-state index is -1.36. The molecule has 2 aliphatic carbocycles. The zero-order valence-corrected chi connectivity index (χ0v) is 20.1. The lowest BCUT2D eigenvalue weighted by Gasteiger charge is -2.29. The molecule has 0 bridgehead atoms. The molecule has 0 radical (unpaired) electrons. The Kier molecular flexibility index (Phi) is 10.7. The van der Waals surface area contributed by atoms with Crippen LogP contribution in [0.25, 0.3) is 0 Å². The van der Waals surface area contributed by atoms with Crippen molar-refractivity contribution < 1.29 is 13.2 Å². The van der Waals surface area contributed by atoms with Crippen molar-refractivity contribution >= 4 is 0 Å². The van der Waals surface area contributed by atoms with Crippen LogP contribution in [0.2, 0.25) is 0 Å². The predicted octanol–water partition coefficient (Wildman–Crippen LogP) is 9.88. The molecular weight excluding hydrogens is 405 g/mol. The first kappa shape index (κ1) is 25.4. The Balaban J connectivity index is 1.30. The van der Waals surface area contributed by atoms with Gasteiger partial charge in [-0.1, -0.05) is 70.4 Å². The molecule has 32 heavy (non-hydrogen) atoms. The van der Waals surface area contributed by atoms with E-state index in [1.807, 2.05) is 0 Å². The van der Waals surface area contributed by atoms with E-state index in [4.69, 9.17) is 0 Å². The monoisotopic (exact) mass is 448 g/mol. The fraction of sp³-hybridized carbons (Fsp3) is 0.724. The van der Waals surface area contributed by atoms with Crippen molar-refractivity contribution in [1.29, 1.82) is 0 Å². The van der Waals surface area contributed by atoms with Crippen molar-refractivity contribution in [2.75, 3.05) is 0 Å². The molecule has 2 fully saturated rings. The van der Waals surface area contributed by atoms with Crippen molar-refractivity contribution in [1.82, 2.24) is 0 Å². The van der Waals surface area contributed by atoms with Crippen LogP contribution in [0.1, 0.15) is 121 Å². The maximum atomic E-state index is 13.5. The van der Waals surface area contributed by atoms with Crippen LogP contribution in [0.15, 0.2) is 24.3 Å². The zero-order chi connectivity index (χ0) is 22.8. The maximum absolute atomic E-state index is 13.5. The zero-order valence-electron chi connectivity index (χ0n) is 20.1. The standard InChI is InChI=1S/C29H43F3/c1-2-3-4-5-6-7-8-9-22-10-12-23(13-11-22)14-15-24-16-18-25(19-17-24)26-20-27(30)29(32)28(31)21-26/h14-15,20-25H,2-13,16-19H2,1H3/b15-14+. The van der Waals surface area contributed by atoms with E-state index >= 15 is 0 Å². The molecule has 0 saturated heterocycles. The number of unbranched alkanes of at least 4 members (excludes halogenated alkanes) is 6. The van der Waals surface area contributed by atoms with E-state index in [9.17, 15) is 13.2 Å². The molecule has 0 nitrogen and oxygen atoms in total.